The van der Waals surface area contributed by atoms with E-state index in [9.17, 15) is 80.1 Å². The van der Waals surface area contributed by atoms with E-state index in [4.69, 9.17) is 93.8 Å². The molecule has 0 radical (unpaired) electrons. The van der Waals surface area contributed by atoms with Crippen LogP contribution in [0.25, 0.3) is 0 Å². The number of hydrogen-bond acceptors (Lipinski definition) is 26. The molecule has 24 rings (SSSR count). The predicted molar refractivity (Wildman–Crippen MR) is 504 cm³/mol. The van der Waals surface area contributed by atoms with Gasteiger partial charge in [-0.2, -0.15) is 8.78 Å². The third-order valence-electron chi connectivity index (χ3n) is 27.9. The summed E-state index contributed by atoms with van der Waals surface area (Å²) in [4.78, 5) is 133. The Morgan fingerprint density at radius 1 is 0.476 bits per heavy atom. The smallest absolute Gasteiger partial charge is 0.319 e. The van der Waals surface area contributed by atoms with Crippen LogP contribution in [0.15, 0.2) is 140 Å². The first-order valence-electron chi connectivity index (χ1n) is 46.5. The zero-order chi connectivity index (χ0) is 102. The van der Waals surface area contributed by atoms with Gasteiger partial charge in [0.1, 0.15) is 80.9 Å². The van der Waals surface area contributed by atoms with Gasteiger partial charge in [0.05, 0.1) is 60.6 Å². The van der Waals surface area contributed by atoms with Gasteiger partial charge < -0.3 is 100 Å². The number of esters is 1. The minimum atomic E-state index is -3.05. The number of ether oxygens (including phenoxy) is 10. The van der Waals surface area contributed by atoms with Crippen molar-refractivity contribution in [2.75, 3.05) is 60.3 Å². The van der Waals surface area contributed by atoms with E-state index in [1.54, 1.807) is 30.3 Å². The van der Waals surface area contributed by atoms with Crippen molar-refractivity contribution in [3.8, 4) is 51.9 Å². The maximum atomic E-state index is 13.5. The molecule has 12 saturated carbocycles. The molecule has 6 heterocycles. The van der Waals surface area contributed by atoms with Gasteiger partial charge in [-0.05, 0) is 181 Å². The first kappa shape index (κ1) is 102. The van der Waals surface area contributed by atoms with Gasteiger partial charge in [0.25, 0.3) is 47.3 Å². The normalized spacial score (nSPS) is 27.2. The number of nitrogens with zero attached hydrogens (tertiary/aromatic N) is 2. The number of Topliss-reactive ketones (excluding diaryl/α,β-unsaturated/α-hetero) is 2. The summed E-state index contributed by atoms with van der Waals surface area (Å²) in [5.74, 6) is -4.32. The Bertz CT molecular complexity index is 6270. The van der Waals surface area contributed by atoms with Gasteiger partial charge in [0.15, 0.2) is 62.4 Å². The molecule has 12 fully saturated rings. The second kappa shape index (κ2) is 40.6. The zero-order valence-electron chi connectivity index (χ0n) is 78.1. The molecule has 6 aromatic carbocycles. The van der Waals surface area contributed by atoms with E-state index in [1.165, 1.54) is 56.7 Å². The number of amides is 7. The highest BCUT2D eigenvalue weighted by Gasteiger charge is 2.73. The number of fused-ring (bicyclic) bond motifs is 4. The molecule has 758 valence electrons. The first-order valence-corrected chi connectivity index (χ1v) is 48.0. The van der Waals surface area contributed by atoms with Gasteiger partial charge in [0, 0.05) is 130 Å². The molecule has 4 aliphatic heterocycles. The highest BCUT2D eigenvalue weighted by atomic mass is 35.5. The van der Waals surface area contributed by atoms with Gasteiger partial charge in [-0.1, -0.05) is 81.8 Å². The molecule has 7 atom stereocenters. The van der Waals surface area contributed by atoms with Crippen molar-refractivity contribution in [2.24, 2.45) is 5.41 Å². The number of ketones is 2. The monoisotopic (exact) mass is 2060 g/mol. The summed E-state index contributed by atoms with van der Waals surface area (Å²) in [6.45, 7) is 4.17. The quantitative estimate of drug-likeness (QED) is 0.0134. The van der Waals surface area contributed by atoms with Crippen LogP contribution in [-0.4, -0.2) is 203 Å². The number of benzene rings is 6. The average Bonchev–Trinajstić information content (AvgIpc) is 0.692. The fourth-order valence-corrected chi connectivity index (χ4v) is 22.3. The molecule has 4 unspecified atom stereocenters. The minimum Gasteiger partial charge on any atom is -0.484 e. The Balaban J connectivity index is 0.000000131. The Hall–Kier alpha value is -12.4. The number of rotatable bonds is 33. The molecule has 8 aromatic rings. The Morgan fingerprint density at radius 3 is 1.29 bits per heavy atom. The average molecular weight is 2060 g/mol. The topological polar surface area (TPSA) is 438 Å². The molecular formula is C101H104Cl4F5N11O22. The molecule has 16 aliphatic rings. The molecule has 42 heteroatoms. The molecule has 7 amide bonds. The number of aliphatic hydroxyl groups excluding tert-OH is 2. The van der Waals surface area contributed by atoms with Gasteiger partial charge in [-0.15, -0.1) is 0 Å². The fraction of sp³-hybridized carbons (Fsp3) is 0.446. The molecule has 0 spiro atoms. The second-order valence-electron chi connectivity index (χ2n) is 39.5. The first-order chi connectivity index (χ1) is 67.9. The SMILES string of the molecule is CC(F)(F)c1ccc(OCC(=O)NC23CC(CC(=O)[C@@H]4CC(=O)c5cc(Cl)ccc5O4)(C2)C3)cn1.COC(=O)CNC1CC(C(=O)NC23CC(NC(=O)COc4ccc(Cl)c(F)c4)(C2)C3)Oc2ccc(C)cc21.COc1ccc2c(n1)[C@H](O)C[C@H](C(=O)NC13CC(NC(=O)COc4ccc(Cl)c(F)c4)(C1)C3)O2.Cc1ccc2c(c1)C(NCCO)CC(C(=O)NC13CC(NC(=O)COc4ccc(Cl)c(F)c4)(C1)C3)O2. The summed E-state index contributed by atoms with van der Waals surface area (Å²) in [5.41, 5.74) is 1.67. The maximum Gasteiger partial charge on any atom is 0.319 e. The number of halogens is 9. The summed E-state index contributed by atoms with van der Waals surface area (Å²) < 4.78 is 122. The lowest BCUT2D eigenvalue weighted by Crippen LogP contribution is -2.84. The van der Waals surface area contributed by atoms with Gasteiger partial charge in [0.2, 0.25) is 5.88 Å². The van der Waals surface area contributed by atoms with Crippen LogP contribution in [0, 0.1) is 36.7 Å². The number of methoxy groups -OCH3 is 2. The third kappa shape index (κ3) is 22.9. The Morgan fingerprint density at radius 2 is 0.874 bits per heavy atom. The highest BCUT2D eigenvalue weighted by Crippen LogP contribution is 2.69. The lowest BCUT2D eigenvalue weighted by molar-refractivity contribution is -0.175. The van der Waals surface area contributed by atoms with Crippen LogP contribution < -0.4 is 90.5 Å². The van der Waals surface area contributed by atoms with Crippen molar-refractivity contribution in [2.45, 2.75) is 217 Å². The predicted octanol–water partition coefficient (Wildman–Crippen LogP) is 11.6. The molecule has 11 N–H and O–H groups in total. The Kier molecular flexibility index (Phi) is 29.0. The molecule has 2 aromatic heterocycles. The lowest BCUT2D eigenvalue weighted by atomic mass is 9.38. The number of carbonyl (C=O) groups is 10. The van der Waals surface area contributed by atoms with E-state index in [0.29, 0.717) is 148 Å². The molecular weight excluding hydrogens is 1960 g/mol. The van der Waals surface area contributed by atoms with Crippen LogP contribution >= 0.6 is 46.4 Å². The summed E-state index contributed by atoms with van der Waals surface area (Å²) >= 11 is 22.9. The number of alkyl halides is 2. The standard InChI is InChI=1S/C27H29ClFN3O6.C26H29ClFN3O5.C25H23ClF2N2O5.C23H23ClFN3O6/c1-15-3-6-21-17(7-15)20(30-10-24(34)36-2)9-22(38-21)25(35)32-27-12-26(13-27,14-27)31-23(33)11-37-16-4-5-18(28)19(29)8-16;1-15-2-5-21-17(8-15)20(29-6-7-32)10-22(36-21)24(34)31-26-12-25(13-26,14-26)30-23(33)11-35-16-3-4-18(27)19(28)9-16;1-23(27,28)21-5-3-15(9-29-21)34-10-22(33)30-25-11-24(12-25,13-25)8-18(32)20-7-17(31)16-6-14(26)2-4-19(16)35-20;1-32-19-5-4-16-20(26-19)15(29)7-17(34-16)21(31)28-23-9-22(10-23,11-23)27-18(30)8-33-12-2-3-13(24)14(25)6-12/h3-8,20,22,30H,9-14H2,1-2H3,(H,31,33)(H,32,35);2-5,8-9,20,22,29,32H,6-7,10-14H2,1H3,(H,30,33)(H,31,34);2-6,9,20H,7-8,10-13H2,1H3,(H,30,33);2-6,15,17,29H,7-11H2,1H3,(H,27,30)(H,28,31)/t;;20-,24?,25?;15-,17-,22?,23?/m..01/s1. The van der Waals surface area contributed by atoms with Crippen molar-refractivity contribution in [1.82, 2.24) is 57.8 Å². The fourth-order valence-electron chi connectivity index (χ4n) is 21.8. The summed E-state index contributed by atoms with van der Waals surface area (Å²) in [6.07, 6.45) is 5.94. The van der Waals surface area contributed by atoms with Crippen molar-refractivity contribution in [3.05, 3.63) is 216 Å². The molecule has 12 aliphatic carbocycles. The van der Waals surface area contributed by atoms with Crippen LogP contribution in [-0.2, 0) is 53.8 Å². The Labute approximate surface area is 837 Å². The van der Waals surface area contributed by atoms with Crippen LogP contribution in [0.3, 0.4) is 0 Å². The maximum absolute atomic E-state index is 13.5. The van der Waals surface area contributed by atoms with E-state index < -0.39 is 65.4 Å². The van der Waals surface area contributed by atoms with E-state index in [-0.39, 0.29) is 200 Å². The van der Waals surface area contributed by atoms with Crippen molar-refractivity contribution < 1.29 is 127 Å². The molecule has 143 heavy (non-hydrogen) atoms. The molecule has 8 bridgehead atoms. The minimum absolute atomic E-state index is 0.00674. The zero-order valence-corrected chi connectivity index (χ0v) is 81.2. The van der Waals surface area contributed by atoms with E-state index in [0.717, 1.165) is 59.6 Å². The van der Waals surface area contributed by atoms with Gasteiger partial charge in [-0.3, -0.25) is 58.2 Å². The van der Waals surface area contributed by atoms with Crippen LogP contribution in [0.4, 0.5) is 22.0 Å². The van der Waals surface area contributed by atoms with Crippen LogP contribution in [0.1, 0.15) is 178 Å². The largest absolute Gasteiger partial charge is 0.484 e. The van der Waals surface area contributed by atoms with E-state index >= 15 is 0 Å². The number of aromatic nitrogens is 2. The number of carbonyl (C=O) groups excluding carboxylic acids is 10. The third-order valence-corrected chi connectivity index (χ3v) is 29.0. The van der Waals surface area contributed by atoms with Gasteiger partial charge in [-0.25, -0.2) is 18.2 Å². The van der Waals surface area contributed by atoms with Crippen LogP contribution in [0.2, 0.25) is 20.1 Å². The number of pyridine rings is 2. The number of aryl methyl sites for hydroxylation is 2. The van der Waals surface area contributed by atoms with E-state index in [1.807, 2.05) is 50.2 Å². The summed E-state index contributed by atoms with van der Waals surface area (Å²) in [6, 6.07) is 33.7. The number of hydrogen-bond donors (Lipinski definition) is 11. The van der Waals surface area contributed by atoms with Gasteiger partial charge >= 0.3 is 5.97 Å². The lowest BCUT2D eigenvalue weighted by Gasteiger charge is -2.70. The number of nitrogens with one attached hydrogen (secondary N) is 9. The summed E-state index contributed by atoms with van der Waals surface area (Å²) in [7, 11) is 2.81. The number of aliphatic hydroxyl groups is 2. The van der Waals surface area contributed by atoms with Crippen molar-refractivity contribution in [3.63, 3.8) is 0 Å². The second-order valence-corrected chi connectivity index (χ2v) is 41.2. The molecule has 0 saturated heterocycles. The van der Waals surface area contributed by atoms with E-state index in [2.05, 4.69) is 57.8 Å². The summed E-state index contributed by atoms with van der Waals surface area (Å²) in [5, 5.41) is 47.6. The highest BCUT2D eigenvalue weighted by molar-refractivity contribution is 6.32. The van der Waals surface area contributed by atoms with Crippen molar-refractivity contribution in [1.29, 1.82) is 0 Å². The molecule has 33 nitrogen and oxygen atoms in total. The van der Waals surface area contributed by atoms with Crippen molar-refractivity contribution >= 4 is 105 Å². The van der Waals surface area contributed by atoms with Crippen LogP contribution in [0.5, 0.6) is 51.9 Å².